The molecule has 1 aromatic rings. The van der Waals surface area contributed by atoms with Crippen LogP contribution in [0.2, 0.25) is 0 Å². The second kappa shape index (κ2) is 7.08. The van der Waals surface area contributed by atoms with Gasteiger partial charge >= 0.3 is 0 Å². The molecule has 1 N–H and O–H groups in total. The highest BCUT2D eigenvalue weighted by Gasteiger charge is 2.53. The average molecular weight is 343 g/mol. The van der Waals surface area contributed by atoms with Crippen molar-refractivity contribution in [1.29, 1.82) is 0 Å². The van der Waals surface area contributed by atoms with E-state index in [1.54, 1.807) is 6.92 Å². The quantitative estimate of drug-likeness (QED) is 0.914. The van der Waals surface area contributed by atoms with Crippen molar-refractivity contribution in [1.82, 2.24) is 4.90 Å². The van der Waals surface area contributed by atoms with Crippen LogP contribution in [0.5, 0.6) is 0 Å². The molecule has 136 valence electrons. The molecule has 0 radical (unpaired) electrons. The molecule has 3 aliphatic rings. The van der Waals surface area contributed by atoms with E-state index in [4.69, 9.17) is 4.74 Å². The normalized spacial score (nSPS) is 37.4. The number of hydrogen-bond donors (Lipinski definition) is 1. The van der Waals surface area contributed by atoms with Crippen molar-refractivity contribution in [2.75, 3.05) is 6.61 Å². The summed E-state index contributed by atoms with van der Waals surface area (Å²) in [5.74, 6) is 0.988. The lowest BCUT2D eigenvalue weighted by molar-refractivity contribution is -0.136. The Hall–Kier alpha value is -1.39. The van der Waals surface area contributed by atoms with Gasteiger partial charge in [0.05, 0.1) is 24.9 Å². The summed E-state index contributed by atoms with van der Waals surface area (Å²) in [7, 11) is 0. The number of amides is 1. The molecule has 2 saturated carbocycles. The summed E-state index contributed by atoms with van der Waals surface area (Å²) in [6, 6.07) is 10.8. The molecule has 25 heavy (non-hydrogen) atoms. The third-order valence-electron chi connectivity index (χ3n) is 6.65. The van der Waals surface area contributed by atoms with E-state index in [-0.39, 0.29) is 30.0 Å². The zero-order valence-corrected chi connectivity index (χ0v) is 15.0. The Balaban J connectivity index is 1.30. The fourth-order valence-electron chi connectivity index (χ4n) is 5.12. The van der Waals surface area contributed by atoms with Crippen molar-refractivity contribution in [3.8, 4) is 0 Å². The first-order chi connectivity index (χ1) is 12.1. The van der Waals surface area contributed by atoms with E-state index in [0.29, 0.717) is 12.5 Å². The number of hydrogen-bond acceptors (Lipinski definition) is 3. The van der Waals surface area contributed by atoms with Crippen molar-refractivity contribution >= 4 is 5.91 Å². The van der Waals surface area contributed by atoms with Crippen LogP contribution in [0, 0.1) is 5.92 Å². The van der Waals surface area contributed by atoms with Gasteiger partial charge in [-0.05, 0) is 50.0 Å². The van der Waals surface area contributed by atoms with E-state index >= 15 is 0 Å². The van der Waals surface area contributed by atoms with E-state index in [2.05, 4.69) is 30.3 Å². The summed E-state index contributed by atoms with van der Waals surface area (Å²) in [5, 5.41) is 10.5. The fraction of sp³-hybridized carbons (Fsp3) is 0.667. The SMILES string of the molecule is CC(=O)N1[C@@H]2CC[C@@H]2C(O)[C@@H]1CO[C@H]1CC[C@@H](c2ccccc2)CC1. The first-order valence-electron chi connectivity index (χ1n) is 9.78. The molecule has 4 rings (SSSR count). The first kappa shape index (κ1) is 17.0. The van der Waals surface area contributed by atoms with Crippen molar-refractivity contribution in [3.63, 3.8) is 0 Å². The summed E-state index contributed by atoms with van der Waals surface area (Å²) in [4.78, 5) is 13.9. The van der Waals surface area contributed by atoms with Gasteiger partial charge in [-0.1, -0.05) is 30.3 Å². The minimum absolute atomic E-state index is 0.0765. The number of nitrogens with zero attached hydrogens (tertiary/aromatic N) is 1. The van der Waals surface area contributed by atoms with Crippen LogP contribution < -0.4 is 0 Å². The van der Waals surface area contributed by atoms with Crippen LogP contribution in [0.1, 0.15) is 56.9 Å². The number of ether oxygens (including phenoxy) is 1. The molecular weight excluding hydrogens is 314 g/mol. The highest BCUT2D eigenvalue weighted by atomic mass is 16.5. The van der Waals surface area contributed by atoms with Crippen LogP contribution in [0.4, 0.5) is 0 Å². The van der Waals surface area contributed by atoms with Gasteiger partial charge in [0, 0.05) is 18.9 Å². The molecule has 0 spiro atoms. The Labute approximate surface area is 150 Å². The molecule has 1 heterocycles. The molecule has 3 fully saturated rings. The van der Waals surface area contributed by atoms with Gasteiger partial charge in [0.2, 0.25) is 5.91 Å². The maximum atomic E-state index is 12.0. The molecule has 1 saturated heterocycles. The minimum Gasteiger partial charge on any atom is -0.391 e. The van der Waals surface area contributed by atoms with E-state index in [9.17, 15) is 9.90 Å². The summed E-state index contributed by atoms with van der Waals surface area (Å²) >= 11 is 0. The molecule has 4 atom stereocenters. The Morgan fingerprint density at radius 3 is 2.44 bits per heavy atom. The maximum absolute atomic E-state index is 12.0. The smallest absolute Gasteiger partial charge is 0.220 e. The lowest BCUT2D eigenvalue weighted by atomic mass is 9.78. The van der Waals surface area contributed by atoms with Crippen molar-refractivity contribution in [2.45, 2.75) is 75.7 Å². The van der Waals surface area contributed by atoms with Gasteiger partial charge in [0.15, 0.2) is 0 Å². The Bertz CT molecular complexity index is 596. The molecule has 0 aromatic heterocycles. The number of aliphatic hydroxyl groups excluding tert-OH is 1. The number of rotatable bonds is 4. The van der Waals surface area contributed by atoms with Gasteiger partial charge in [-0.2, -0.15) is 0 Å². The molecule has 1 aromatic carbocycles. The van der Waals surface area contributed by atoms with Gasteiger partial charge in [-0.15, -0.1) is 0 Å². The van der Waals surface area contributed by atoms with Gasteiger partial charge < -0.3 is 14.7 Å². The summed E-state index contributed by atoms with van der Waals surface area (Å²) in [6.45, 7) is 2.10. The Morgan fingerprint density at radius 2 is 1.84 bits per heavy atom. The summed E-state index contributed by atoms with van der Waals surface area (Å²) < 4.78 is 6.17. The predicted octanol–water partition coefficient (Wildman–Crippen LogP) is 3.10. The van der Waals surface area contributed by atoms with Gasteiger partial charge in [0.1, 0.15) is 0 Å². The Kier molecular flexibility index (Phi) is 4.83. The highest BCUT2D eigenvalue weighted by Crippen LogP contribution is 2.44. The van der Waals surface area contributed by atoms with Crippen molar-refractivity contribution in [2.24, 2.45) is 5.92 Å². The zero-order valence-electron chi connectivity index (χ0n) is 15.0. The first-order valence-corrected chi connectivity index (χ1v) is 9.78. The number of carbonyl (C=O) groups excluding carboxylic acids is 1. The van der Waals surface area contributed by atoms with E-state index in [1.807, 2.05) is 4.90 Å². The second-order valence-corrected chi connectivity index (χ2v) is 8.01. The second-order valence-electron chi connectivity index (χ2n) is 8.01. The van der Waals surface area contributed by atoms with Crippen LogP contribution in [-0.2, 0) is 9.53 Å². The third-order valence-corrected chi connectivity index (χ3v) is 6.65. The highest BCUT2D eigenvalue weighted by molar-refractivity contribution is 5.75. The molecule has 1 aliphatic heterocycles. The minimum atomic E-state index is -0.414. The van der Waals surface area contributed by atoms with Crippen LogP contribution in [0.15, 0.2) is 30.3 Å². The number of benzene rings is 1. The lowest BCUT2D eigenvalue weighted by Crippen LogP contribution is -2.46. The molecule has 2 aliphatic carbocycles. The van der Waals surface area contributed by atoms with Crippen LogP contribution in [0.3, 0.4) is 0 Å². The topological polar surface area (TPSA) is 49.8 Å². The standard InChI is InChI=1S/C21H29NO3/c1-14(23)22-19-12-11-18(19)21(24)20(22)13-25-17-9-7-16(8-10-17)15-5-3-2-4-6-15/h2-6,16-21,24H,7-13H2,1H3/t16-,17+,18-,19+,20-,21?/m0/s1. The van der Waals surface area contributed by atoms with Crippen LogP contribution >= 0.6 is 0 Å². The monoisotopic (exact) mass is 343 g/mol. The van der Waals surface area contributed by atoms with Crippen molar-refractivity contribution in [3.05, 3.63) is 35.9 Å². The predicted molar refractivity (Wildman–Crippen MR) is 96.2 cm³/mol. The maximum Gasteiger partial charge on any atom is 0.220 e. The summed E-state index contributed by atoms with van der Waals surface area (Å²) in [6.07, 6.45) is 6.36. The molecule has 0 bridgehead atoms. The lowest BCUT2D eigenvalue weighted by Gasteiger charge is -2.36. The number of aliphatic hydroxyl groups is 1. The summed E-state index contributed by atoms with van der Waals surface area (Å²) in [5.41, 5.74) is 1.44. The van der Waals surface area contributed by atoms with Crippen LogP contribution in [0.25, 0.3) is 0 Å². The van der Waals surface area contributed by atoms with E-state index in [1.165, 1.54) is 5.56 Å². The van der Waals surface area contributed by atoms with Crippen molar-refractivity contribution < 1.29 is 14.6 Å². The molecule has 1 unspecified atom stereocenters. The number of fused-ring (bicyclic) bond motifs is 1. The molecule has 1 amide bonds. The van der Waals surface area contributed by atoms with Gasteiger partial charge in [-0.3, -0.25) is 4.79 Å². The van der Waals surface area contributed by atoms with Crippen LogP contribution in [-0.4, -0.2) is 46.8 Å². The molecule has 4 nitrogen and oxygen atoms in total. The Morgan fingerprint density at radius 1 is 1.12 bits per heavy atom. The van der Waals surface area contributed by atoms with Gasteiger partial charge in [-0.25, -0.2) is 0 Å². The molecule has 4 heteroatoms. The molecular formula is C21H29NO3. The van der Waals surface area contributed by atoms with Gasteiger partial charge in [0.25, 0.3) is 0 Å². The number of likely N-dealkylation sites (tertiary alicyclic amines) is 1. The van der Waals surface area contributed by atoms with E-state index in [0.717, 1.165) is 38.5 Å². The average Bonchev–Trinajstić information content (AvgIpc) is 2.79. The zero-order chi connectivity index (χ0) is 17.4. The van der Waals surface area contributed by atoms with E-state index < -0.39 is 6.10 Å². The largest absolute Gasteiger partial charge is 0.391 e. The third kappa shape index (κ3) is 3.22. The number of carbonyl (C=O) groups is 1. The fourth-order valence-corrected chi connectivity index (χ4v) is 5.12.